The molecule has 4 rings (SSSR count). The average Bonchev–Trinajstić information content (AvgIpc) is 3.27. The normalized spacial score (nSPS) is 10.8. The molecule has 1 heterocycles. The highest BCUT2D eigenvalue weighted by atomic mass is 32.2. The quantitative estimate of drug-likeness (QED) is 0.272. The highest BCUT2D eigenvalue weighted by Crippen LogP contribution is 2.28. The summed E-state index contributed by atoms with van der Waals surface area (Å²) in [7, 11) is 0. The molecule has 0 aliphatic rings. The Labute approximate surface area is 192 Å². The second kappa shape index (κ2) is 11.3. The lowest BCUT2D eigenvalue weighted by molar-refractivity contribution is -0.121. The van der Waals surface area contributed by atoms with Crippen molar-refractivity contribution in [2.75, 3.05) is 12.3 Å². The van der Waals surface area contributed by atoms with Gasteiger partial charge in [-0.25, -0.2) is 0 Å². The third-order valence-electron chi connectivity index (χ3n) is 5.04. The molecule has 4 aromatic rings. The number of nitrogens with zero attached hydrogens (tertiary/aromatic N) is 3. The lowest BCUT2D eigenvalue weighted by atomic mass is 10.1. The van der Waals surface area contributed by atoms with Gasteiger partial charge in [-0.15, -0.1) is 10.2 Å². The van der Waals surface area contributed by atoms with E-state index in [1.165, 1.54) is 5.56 Å². The number of aromatic nitrogens is 3. The monoisotopic (exact) mass is 442 g/mol. The Kier molecular flexibility index (Phi) is 7.71. The van der Waals surface area contributed by atoms with Crippen LogP contribution in [0.25, 0.3) is 17.1 Å². The fourth-order valence-corrected chi connectivity index (χ4v) is 4.31. The van der Waals surface area contributed by atoms with Gasteiger partial charge in [-0.2, -0.15) is 0 Å². The summed E-state index contributed by atoms with van der Waals surface area (Å²) in [4.78, 5) is 12.2. The highest BCUT2D eigenvalue weighted by Gasteiger charge is 2.15. The van der Waals surface area contributed by atoms with Crippen LogP contribution >= 0.6 is 11.8 Å². The number of rotatable bonds is 10. The maximum absolute atomic E-state index is 12.2. The Hall–Kier alpha value is -3.38. The zero-order chi connectivity index (χ0) is 22.0. The molecule has 3 aromatic carbocycles. The van der Waals surface area contributed by atoms with Crippen molar-refractivity contribution < 1.29 is 4.79 Å². The minimum atomic E-state index is 0.0935. The van der Waals surface area contributed by atoms with Gasteiger partial charge in [0.05, 0.1) is 0 Å². The second-order valence-corrected chi connectivity index (χ2v) is 8.44. The van der Waals surface area contributed by atoms with E-state index >= 15 is 0 Å². The Bertz CT molecular complexity index is 1110. The van der Waals surface area contributed by atoms with Crippen molar-refractivity contribution in [3.05, 3.63) is 96.6 Å². The number of amides is 1. The van der Waals surface area contributed by atoms with E-state index in [2.05, 4.69) is 44.3 Å². The molecule has 0 atom stereocenters. The maximum atomic E-state index is 12.2. The summed E-state index contributed by atoms with van der Waals surface area (Å²) in [5.74, 6) is 1.71. The van der Waals surface area contributed by atoms with Crippen LogP contribution in [0.1, 0.15) is 18.4 Å². The molecule has 1 N–H and O–H groups in total. The number of hydrogen-bond acceptors (Lipinski definition) is 4. The van der Waals surface area contributed by atoms with E-state index in [4.69, 9.17) is 0 Å². The van der Waals surface area contributed by atoms with Gasteiger partial charge in [0.25, 0.3) is 0 Å². The van der Waals surface area contributed by atoms with Gasteiger partial charge in [0, 0.05) is 30.0 Å². The summed E-state index contributed by atoms with van der Waals surface area (Å²) in [6.07, 6.45) is 2.14. The van der Waals surface area contributed by atoms with Gasteiger partial charge in [-0.3, -0.25) is 9.36 Å². The lowest BCUT2D eigenvalue weighted by Gasteiger charge is -2.10. The van der Waals surface area contributed by atoms with Crippen LogP contribution in [-0.4, -0.2) is 33.0 Å². The van der Waals surface area contributed by atoms with Crippen LogP contribution in [0.15, 0.2) is 96.2 Å². The van der Waals surface area contributed by atoms with Crippen LogP contribution < -0.4 is 5.32 Å². The largest absolute Gasteiger partial charge is 0.356 e. The van der Waals surface area contributed by atoms with E-state index in [0.29, 0.717) is 13.0 Å². The van der Waals surface area contributed by atoms with Gasteiger partial charge in [0.1, 0.15) is 0 Å². The Morgan fingerprint density at radius 3 is 2.22 bits per heavy atom. The zero-order valence-electron chi connectivity index (χ0n) is 17.9. The van der Waals surface area contributed by atoms with Crippen LogP contribution in [0.2, 0.25) is 0 Å². The second-order valence-electron chi connectivity index (χ2n) is 7.38. The van der Waals surface area contributed by atoms with E-state index in [9.17, 15) is 4.79 Å². The number of benzene rings is 3. The first-order valence-electron chi connectivity index (χ1n) is 10.8. The number of carbonyl (C=O) groups is 1. The molecule has 0 saturated heterocycles. The van der Waals surface area contributed by atoms with Gasteiger partial charge in [-0.1, -0.05) is 90.6 Å². The summed E-state index contributed by atoms with van der Waals surface area (Å²) < 4.78 is 2.08. The van der Waals surface area contributed by atoms with Crippen molar-refractivity contribution >= 4 is 17.7 Å². The molecule has 0 fully saturated rings. The highest BCUT2D eigenvalue weighted by molar-refractivity contribution is 7.99. The third-order valence-corrected chi connectivity index (χ3v) is 6.05. The number of hydrogen-bond donors (Lipinski definition) is 1. The van der Waals surface area contributed by atoms with Crippen LogP contribution in [-0.2, 0) is 11.2 Å². The first-order chi connectivity index (χ1) is 15.8. The SMILES string of the molecule is O=C(CCCSc1nnc(-c2ccccc2)n1-c1ccccc1)NCCc1ccccc1. The summed E-state index contributed by atoms with van der Waals surface area (Å²) in [5.41, 5.74) is 3.28. The van der Waals surface area contributed by atoms with Crippen LogP contribution in [0, 0.1) is 0 Å². The van der Waals surface area contributed by atoms with Crippen molar-refractivity contribution in [2.45, 2.75) is 24.4 Å². The van der Waals surface area contributed by atoms with Crippen LogP contribution in [0.5, 0.6) is 0 Å². The van der Waals surface area contributed by atoms with Crippen molar-refractivity contribution in [1.29, 1.82) is 0 Å². The van der Waals surface area contributed by atoms with Gasteiger partial charge >= 0.3 is 0 Å². The zero-order valence-corrected chi connectivity index (χ0v) is 18.7. The molecule has 1 aromatic heterocycles. The smallest absolute Gasteiger partial charge is 0.220 e. The van der Waals surface area contributed by atoms with E-state index in [1.807, 2.05) is 66.7 Å². The molecule has 0 radical (unpaired) electrons. The Morgan fingerprint density at radius 1 is 0.844 bits per heavy atom. The predicted octanol–water partition coefficient (Wildman–Crippen LogP) is 5.17. The molecule has 6 heteroatoms. The fourth-order valence-electron chi connectivity index (χ4n) is 3.42. The van der Waals surface area contributed by atoms with E-state index in [-0.39, 0.29) is 5.91 Å². The number of para-hydroxylation sites is 1. The van der Waals surface area contributed by atoms with Crippen LogP contribution in [0.4, 0.5) is 0 Å². The maximum Gasteiger partial charge on any atom is 0.220 e. The molecule has 0 unspecified atom stereocenters. The Morgan fingerprint density at radius 2 is 1.50 bits per heavy atom. The number of carbonyl (C=O) groups excluding carboxylic acids is 1. The molecule has 0 aliphatic carbocycles. The minimum absolute atomic E-state index is 0.0935. The summed E-state index contributed by atoms with van der Waals surface area (Å²) >= 11 is 1.63. The molecule has 0 aliphatic heterocycles. The molecule has 5 nitrogen and oxygen atoms in total. The molecule has 1 amide bonds. The minimum Gasteiger partial charge on any atom is -0.356 e. The summed E-state index contributed by atoms with van der Waals surface area (Å²) in [5, 5.41) is 12.7. The molecule has 0 spiro atoms. The standard InChI is InChI=1S/C26H26N4OS/c31-24(27-19-18-21-11-4-1-5-12-21)17-10-20-32-26-29-28-25(22-13-6-2-7-14-22)30(26)23-15-8-3-9-16-23/h1-9,11-16H,10,17-20H2,(H,27,31). The predicted molar refractivity (Wildman–Crippen MR) is 130 cm³/mol. The van der Waals surface area contributed by atoms with Crippen LogP contribution in [0.3, 0.4) is 0 Å². The van der Waals surface area contributed by atoms with E-state index in [0.717, 1.165) is 40.8 Å². The van der Waals surface area contributed by atoms with Crippen molar-refractivity contribution in [3.63, 3.8) is 0 Å². The van der Waals surface area contributed by atoms with Crippen molar-refractivity contribution in [3.8, 4) is 17.1 Å². The van der Waals surface area contributed by atoms with Gasteiger partial charge in [0.2, 0.25) is 5.91 Å². The van der Waals surface area contributed by atoms with Gasteiger partial charge < -0.3 is 5.32 Å². The first-order valence-corrected chi connectivity index (χ1v) is 11.8. The molecular formula is C26H26N4OS. The number of nitrogens with one attached hydrogen (secondary N) is 1. The van der Waals surface area contributed by atoms with Gasteiger partial charge in [-0.05, 0) is 30.5 Å². The van der Waals surface area contributed by atoms with Gasteiger partial charge in [0.15, 0.2) is 11.0 Å². The molecule has 0 saturated carbocycles. The topological polar surface area (TPSA) is 59.8 Å². The molecule has 32 heavy (non-hydrogen) atoms. The lowest BCUT2D eigenvalue weighted by Crippen LogP contribution is -2.25. The van der Waals surface area contributed by atoms with Crippen molar-refractivity contribution in [2.24, 2.45) is 0 Å². The summed E-state index contributed by atoms with van der Waals surface area (Å²) in [6, 6.07) is 30.4. The molecule has 162 valence electrons. The fraction of sp³-hybridized carbons (Fsp3) is 0.192. The van der Waals surface area contributed by atoms with E-state index < -0.39 is 0 Å². The first kappa shape index (κ1) is 21.8. The average molecular weight is 443 g/mol. The molecular weight excluding hydrogens is 416 g/mol. The summed E-state index contributed by atoms with van der Waals surface area (Å²) in [6.45, 7) is 0.665. The van der Waals surface area contributed by atoms with E-state index in [1.54, 1.807) is 11.8 Å². The Balaban J connectivity index is 1.32. The van der Waals surface area contributed by atoms with Crippen molar-refractivity contribution in [1.82, 2.24) is 20.1 Å². The number of thioether (sulfide) groups is 1. The third kappa shape index (κ3) is 5.86. The molecule has 0 bridgehead atoms.